The van der Waals surface area contributed by atoms with Gasteiger partial charge in [-0.25, -0.2) is 4.39 Å². The summed E-state index contributed by atoms with van der Waals surface area (Å²) >= 11 is 6.88. The zero-order valence-electron chi connectivity index (χ0n) is 9.60. The summed E-state index contributed by atoms with van der Waals surface area (Å²) in [4.78, 5) is 0. The molecule has 90 valence electrons. The summed E-state index contributed by atoms with van der Waals surface area (Å²) in [5.74, 6) is -0.193. The summed E-state index contributed by atoms with van der Waals surface area (Å²) in [6.45, 7) is 2.06. The van der Waals surface area contributed by atoms with E-state index in [1.807, 2.05) is 30.3 Å². The highest BCUT2D eigenvalue weighted by atomic mass is 79.9. The molecular weight excluding hydrogens is 359 g/mol. The summed E-state index contributed by atoms with van der Waals surface area (Å²) in [6.07, 6.45) is 0. The third kappa shape index (κ3) is 1.77. The molecule has 0 spiro atoms. The highest BCUT2D eigenvalue weighted by Gasteiger charge is 2.08. The molecule has 3 rings (SSSR count). The van der Waals surface area contributed by atoms with Gasteiger partial charge in [-0.05, 0) is 46.8 Å². The SMILES string of the molecule is Cc1c(Br)ccc2c1ccc1c(F)cc(Br)cc12. The van der Waals surface area contributed by atoms with Crippen molar-refractivity contribution in [3.8, 4) is 0 Å². The van der Waals surface area contributed by atoms with Crippen LogP contribution in [-0.4, -0.2) is 0 Å². The van der Waals surface area contributed by atoms with Crippen molar-refractivity contribution in [3.05, 3.63) is 56.7 Å². The maximum Gasteiger partial charge on any atom is 0.132 e. The molecule has 0 aliphatic carbocycles. The van der Waals surface area contributed by atoms with E-state index in [1.165, 1.54) is 11.6 Å². The fraction of sp³-hybridized carbons (Fsp3) is 0.0667. The summed E-state index contributed by atoms with van der Waals surface area (Å²) in [6, 6.07) is 11.3. The summed E-state index contributed by atoms with van der Waals surface area (Å²) in [5.41, 5.74) is 1.18. The largest absolute Gasteiger partial charge is 0.206 e. The van der Waals surface area contributed by atoms with Crippen LogP contribution in [0.1, 0.15) is 5.56 Å². The van der Waals surface area contributed by atoms with E-state index >= 15 is 0 Å². The maximum absolute atomic E-state index is 13.9. The average Bonchev–Trinajstić information content (AvgIpc) is 2.33. The number of hydrogen-bond donors (Lipinski definition) is 0. The first-order valence-electron chi connectivity index (χ1n) is 5.54. The van der Waals surface area contributed by atoms with Gasteiger partial charge in [0.05, 0.1) is 0 Å². The Bertz CT molecular complexity index is 778. The van der Waals surface area contributed by atoms with Gasteiger partial charge in [0.2, 0.25) is 0 Å². The minimum atomic E-state index is -0.193. The fourth-order valence-corrected chi connectivity index (χ4v) is 3.07. The van der Waals surface area contributed by atoms with Gasteiger partial charge in [-0.3, -0.25) is 0 Å². The number of aryl methyl sites for hydroxylation is 1. The molecule has 18 heavy (non-hydrogen) atoms. The number of halogens is 3. The summed E-state index contributed by atoms with van der Waals surface area (Å²) in [5, 5.41) is 3.82. The van der Waals surface area contributed by atoms with E-state index in [4.69, 9.17) is 0 Å². The molecule has 0 heterocycles. The predicted octanol–water partition coefficient (Wildman–Crippen LogP) is 5.97. The van der Waals surface area contributed by atoms with Crippen LogP contribution in [0.4, 0.5) is 4.39 Å². The van der Waals surface area contributed by atoms with Crippen LogP contribution in [0.2, 0.25) is 0 Å². The molecule has 0 saturated heterocycles. The van der Waals surface area contributed by atoms with Crippen LogP contribution in [0.5, 0.6) is 0 Å². The molecule has 0 unspecified atom stereocenters. The standard InChI is InChI=1S/C15H9Br2F/c1-8-10-2-3-12-13(6-9(16)7-15(12)18)11(10)4-5-14(8)17/h2-7H,1H3. The van der Waals surface area contributed by atoms with Gasteiger partial charge in [-0.2, -0.15) is 0 Å². The van der Waals surface area contributed by atoms with Crippen LogP contribution in [0.25, 0.3) is 21.5 Å². The molecule has 3 heteroatoms. The molecule has 0 aliphatic heterocycles. The average molecular weight is 368 g/mol. The lowest BCUT2D eigenvalue weighted by Crippen LogP contribution is -1.86. The molecule has 0 aliphatic rings. The Kier molecular flexibility index (Phi) is 2.91. The zero-order valence-corrected chi connectivity index (χ0v) is 12.8. The van der Waals surface area contributed by atoms with Crippen molar-refractivity contribution in [3.63, 3.8) is 0 Å². The Morgan fingerprint density at radius 3 is 2.28 bits per heavy atom. The minimum absolute atomic E-state index is 0.193. The Hall–Kier alpha value is -0.930. The van der Waals surface area contributed by atoms with Gasteiger partial charge < -0.3 is 0 Å². The first-order chi connectivity index (χ1) is 8.58. The van der Waals surface area contributed by atoms with Crippen LogP contribution in [0.3, 0.4) is 0 Å². The predicted molar refractivity (Wildman–Crippen MR) is 81.5 cm³/mol. The highest BCUT2D eigenvalue weighted by molar-refractivity contribution is 9.10. The van der Waals surface area contributed by atoms with Gasteiger partial charge >= 0.3 is 0 Å². The topological polar surface area (TPSA) is 0 Å². The van der Waals surface area contributed by atoms with Gasteiger partial charge in [0.1, 0.15) is 5.82 Å². The minimum Gasteiger partial charge on any atom is -0.206 e. The highest BCUT2D eigenvalue weighted by Crippen LogP contribution is 2.33. The van der Waals surface area contributed by atoms with Crippen LogP contribution in [-0.2, 0) is 0 Å². The molecule has 3 aromatic rings. The molecule has 0 bridgehead atoms. The van der Waals surface area contributed by atoms with Gasteiger partial charge in [-0.1, -0.05) is 50.1 Å². The van der Waals surface area contributed by atoms with Crippen molar-refractivity contribution < 1.29 is 4.39 Å². The molecule has 3 aromatic carbocycles. The van der Waals surface area contributed by atoms with Crippen molar-refractivity contribution in [2.45, 2.75) is 6.92 Å². The number of hydrogen-bond acceptors (Lipinski definition) is 0. The number of fused-ring (bicyclic) bond motifs is 3. The smallest absolute Gasteiger partial charge is 0.132 e. The molecule has 0 saturated carbocycles. The first-order valence-corrected chi connectivity index (χ1v) is 7.13. The Morgan fingerprint density at radius 1 is 0.833 bits per heavy atom. The van der Waals surface area contributed by atoms with Crippen LogP contribution in [0, 0.1) is 12.7 Å². The number of rotatable bonds is 0. The molecule has 0 atom stereocenters. The first kappa shape index (κ1) is 12.1. The second-order valence-corrected chi connectivity index (χ2v) is 6.09. The molecule has 0 nitrogen and oxygen atoms in total. The molecule has 0 fully saturated rings. The molecule has 0 aromatic heterocycles. The van der Waals surface area contributed by atoms with Crippen molar-refractivity contribution in [1.29, 1.82) is 0 Å². The summed E-state index contributed by atoms with van der Waals surface area (Å²) < 4.78 is 15.8. The normalized spacial score (nSPS) is 11.3. The summed E-state index contributed by atoms with van der Waals surface area (Å²) in [7, 11) is 0. The lowest BCUT2D eigenvalue weighted by Gasteiger charge is -2.09. The van der Waals surface area contributed by atoms with Crippen molar-refractivity contribution in [2.75, 3.05) is 0 Å². The van der Waals surface area contributed by atoms with Crippen molar-refractivity contribution >= 4 is 53.4 Å². The third-order valence-corrected chi connectivity index (χ3v) is 4.57. The monoisotopic (exact) mass is 366 g/mol. The second-order valence-electron chi connectivity index (χ2n) is 4.32. The molecule has 0 N–H and O–H groups in total. The second kappa shape index (κ2) is 4.32. The van der Waals surface area contributed by atoms with Gasteiger partial charge in [0, 0.05) is 14.3 Å². The fourth-order valence-electron chi connectivity index (χ4n) is 2.30. The van der Waals surface area contributed by atoms with E-state index in [9.17, 15) is 4.39 Å². The zero-order chi connectivity index (χ0) is 12.9. The van der Waals surface area contributed by atoms with Crippen LogP contribution >= 0.6 is 31.9 Å². The molecule has 0 amide bonds. The number of benzene rings is 3. The van der Waals surface area contributed by atoms with Crippen molar-refractivity contribution in [1.82, 2.24) is 0 Å². The van der Waals surface area contributed by atoms with Crippen LogP contribution in [0.15, 0.2) is 45.3 Å². The lowest BCUT2D eigenvalue weighted by atomic mass is 9.99. The third-order valence-electron chi connectivity index (χ3n) is 3.25. The van der Waals surface area contributed by atoms with E-state index in [-0.39, 0.29) is 5.82 Å². The van der Waals surface area contributed by atoms with E-state index in [2.05, 4.69) is 38.8 Å². The van der Waals surface area contributed by atoms with Gasteiger partial charge in [-0.15, -0.1) is 0 Å². The van der Waals surface area contributed by atoms with E-state index in [0.29, 0.717) is 5.39 Å². The van der Waals surface area contributed by atoms with E-state index in [0.717, 1.165) is 25.1 Å². The maximum atomic E-state index is 13.9. The van der Waals surface area contributed by atoms with Crippen LogP contribution < -0.4 is 0 Å². The quantitative estimate of drug-likeness (QED) is 0.429. The lowest BCUT2D eigenvalue weighted by molar-refractivity contribution is 0.639. The molecular formula is C15H9Br2F. The molecule has 0 radical (unpaired) electrons. The van der Waals surface area contributed by atoms with E-state index in [1.54, 1.807) is 0 Å². The van der Waals surface area contributed by atoms with Gasteiger partial charge in [0.15, 0.2) is 0 Å². The van der Waals surface area contributed by atoms with Gasteiger partial charge in [0.25, 0.3) is 0 Å². The Balaban J connectivity index is 2.58. The van der Waals surface area contributed by atoms with Crippen molar-refractivity contribution in [2.24, 2.45) is 0 Å². The van der Waals surface area contributed by atoms with E-state index < -0.39 is 0 Å². The Morgan fingerprint density at radius 2 is 1.50 bits per heavy atom. The Labute approximate surface area is 121 Å².